The molecule has 9 fully saturated rings. The van der Waals surface area contributed by atoms with Crippen molar-refractivity contribution in [1.29, 1.82) is 0 Å². The zero-order valence-corrected chi connectivity index (χ0v) is 29.5. The Morgan fingerprint density at radius 1 is 0.460 bits per heavy atom. The number of carboxylic acids is 1. The summed E-state index contributed by atoms with van der Waals surface area (Å²) in [5.74, 6) is 4.47. The van der Waals surface area contributed by atoms with Crippen LogP contribution in [0.1, 0.15) is 107 Å². The highest BCUT2D eigenvalue weighted by Crippen LogP contribution is 2.46. The lowest BCUT2D eigenvalue weighted by molar-refractivity contribution is 0.0424. The average Bonchev–Trinajstić information content (AvgIpc) is 3.88. The fourth-order valence-electron chi connectivity index (χ4n) is 13.0. The summed E-state index contributed by atoms with van der Waals surface area (Å²) in [6.07, 6.45) is 21.3. The molecule has 274 valence electrons. The zero-order chi connectivity index (χ0) is 33.3. The topological polar surface area (TPSA) is 143 Å². The number of carbonyl (C=O) groups is 1. The molecule has 5 aliphatic heterocycles. The van der Waals surface area contributed by atoms with Crippen LogP contribution in [0.3, 0.4) is 0 Å². The van der Waals surface area contributed by atoms with Crippen LogP contribution < -0.4 is 47.3 Å². The second-order valence-corrected chi connectivity index (χ2v) is 17.6. The summed E-state index contributed by atoms with van der Waals surface area (Å²) < 4.78 is 6.83. The largest absolute Gasteiger partial charge is 0.490 e. The van der Waals surface area contributed by atoms with Gasteiger partial charge in [-0.05, 0) is 123 Å². The zero-order valence-electron chi connectivity index (χ0n) is 29.5. The van der Waals surface area contributed by atoms with Gasteiger partial charge in [-0.3, -0.25) is 42.5 Å². The van der Waals surface area contributed by atoms with E-state index in [2.05, 4.69) is 42.5 Å². The molecule has 17 unspecified atom stereocenters. The predicted octanol–water partition coefficient (Wildman–Crippen LogP) is 3.36. The number of hydrogen-bond donors (Lipinski definition) is 9. The summed E-state index contributed by atoms with van der Waals surface area (Å²) in [5, 5.41) is 43.1. The maximum Gasteiger partial charge on any atom is 0.335 e. The van der Waals surface area contributed by atoms with Gasteiger partial charge in [0.2, 0.25) is 0 Å². The van der Waals surface area contributed by atoms with Crippen molar-refractivity contribution in [3.8, 4) is 5.75 Å². The second-order valence-electron chi connectivity index (χ2n) is 17.6. The summed E-state index contributed by atoms with van der Waals surface area (Å²) in [4.78, 5) is 11.5. The van der Waals surface area contributed by atoms with Crippen molar-refractivity contribution in [1.82, 2.24) is 42.5 Å². The molecule has 10 rings (SSSR count). The molecule has 17 atom stereocenters. The summed E-state index contributed by atoms with van der Waals surface area (Å²) in [6, 6.07) is 7.02. The monoisotopic (exact) mass is 688 g/mol. The Morgan fingerprint density at radius 2 is 0.800 bits per heavy atom. The molecular weight excluding hydrogens is 628 g/mol. The number of benzene rings is 1. The molecule has 1 aromatic rings. The van der Waals surface area contributed by atoms with Gasteiger partial charge >= 0.3 is 5.97 Å². The summed E-state index contributed by atoms with van der Waals surface area (Å²) in [5.41, 5.74) is 0.298. The van der Waals surface area contributed by atoms with Crippen molar-refractivity contribution < 1.29 is 14.6 Å². The fourth-order valence-corrected chi connectivity index (χ4v) is 13.0. The van der Waals surface area contributed by atoms with Gasteiger partial charge in [-0.1, -0.05) is 38.5 Å². The van der Waals surface area contributed by atoms with Gasteiger partial charge in [-0.2, -0.15) is 0 Å². The van der Waals surface area contributed by atoms with Crippen molar-refractivity contribution >= 4 is 5.97 Å². The molecule has 11 heteroatoms. The third kappa shape index (κ3) is 5.82. The summed E-state index contributed by atoms with van der Waals surface area (Å²) >= 11 is 0. The number of hydrogen-bond acceptors (Lipinski definition) is 10. The number of aromatic carboxylic acids is 1. The first-order valence-corrected chi connectivity index (χ1v) is 20.7. The Labute approximate surface area is 297 Å². The molecule has 0 spiro atoms. The molecule has 9 N–H and O–H groups in total. The highest BCUT2D eigenvalue weighted by atomic mass is 16.5. The molecule has 5 saturated heterocycles. The van der Waals surface area contributed by atoms with Gasteiger partial charge in [0.1, 0.15) is 11.9 Å². The average molecular weight is 689 g/mol. The van der Waals surface area contributed by atoms with Gasteiger partial charge in [-0.15, -0.1) is 0 Å². The van der Waals surface area contributed by atoms with Crippen molar-refractivity contribution in [3.63, 3.8) is 0 Å². The molecule has 0 amide bonds. The van der Waals surface area contributed by atoms with Crippen molar-refractivity contribution in [2.24, 2.45) is 47.3 Å². The van der Waals surface area contributed by atoms with Gasteiger partial charge < -0.3 is 9.84 Å². The molecule has 9 aliphatic rings. The molecule has 4 aliphatic carbocycles. The Balaban J connectivity index is 0.979. The Kier molecular flexibility index (Phi) is 8.88. The number of rotatable bonds is 3. The van der Waals surface area contributed by atoms with Crippen LogP contribution in [-0.2, 0) is 0 Å². The molecule has 0 aromatic heterocycles. The number of ether oxygens (including phenoxy) is 1. The maximum atomic E-state index is 11.5. The van der Waals surface area contributed by atoms with Crippen LogP contribution in [0.2, 0.25) is 0 Å². The molecule has 0 radical (unpaired) electrons. The van der Waals surface area contributed by atoms with Crippen LogP contribution in [-0.4, -0.2) is 66.5 Å². The van der Waals surface area contributed by atoms with E-state index >= 15 is 0 Å². The number of carboxylic acid groups (broad SMARTS) is 1. The Hall–Kier alpha value is -1.83. The van der Waals surface area contributed by atoms with E-state index in [4.69, 9.17) is 4.74 Å². The van der Waals surface area contributed by atoms with E-state index in [1.807, 2.05) is 12.1 Å². The number of fused-ring (bicyclic) bond motifs is 20. The van der Waals surface area contributed by atoms with Crippen LogP contribution in [0, 0.1) is 47.3 Å². The van der Waals surface area contributed by atoms with E-state index in [0.29, 0.717) is 77.6 Å². The van der Waals surface area contributed by atoms with Crippen molar-refractivity contribution in [3.05, 3.63) is 29.8 Å². The Bertz CT molecular complexity index is 1380. The standard InChI is InChI=1S/C39H60N8O3/c48-39(49)20-16-18-21(19-17-20)50-29-15-7-14-28-30(29)38-46-36-27-13-6-5-12-26(27)34(44-36)42-32-23-9-2-1-8-22(23)31(40-32)41-33-24-10-3-4-11-25(24)35(43-33)45-37(28)47-38/h16-19,22-38,40-47H,1-15H2,(H,48,49). The maximum absolute atomic E-state index is 11.5. The highest BCUT2D eigenvalue weighted by molar-refractivity contribution is 5.87. The van der Waals surface area contributed by atoms with Gasteiger partial charge in [0.25, 0.3) is 0 Å². The predicted molar refractivity (Wildman–Crippen MR) is 190 cm³/mol. The third-order valence-corrected chi connectivity index (χ3v) is 15.2. The van der Waals surface area contributed by atoms with Gasteiger partial charge in [0, 0.05) is 5.92 Å². The highest BCUT2D eigenvalue weighted by Gasteiger charge is 2.56. The summed E-state index contributed by atoms with van der Waals surface area (Å²) in [6.45, 7) is 0. The van der Waals surface area contributed by atoms with E-state index < -0.39 is 5.97 Å². The molecule has 5 heterocycles. The van der Waals surface area contributed by atoms with Crippen LogP contribution in [0.4, 0.5) is 0 Å². The van der Waals surface area contributed by atoms with Crippen LogP contribution in [0.15, 0.2) is 24.3 Å². The smallest absolute Gasteiger partial charge is 0.335 e. The molecule has 11 nitrogen and oxygen atoms in total. The summed E-state index contributed by atoms with van der Waals surface area (Å²) in [7, 11) is 0. The molecule has 4 saturated carbocycles. The van der Waals surface area contributed by atoms with Crippen LogP contribution in [0.25, 0.3) is 0 Å². The van der Waals surface area contributed by atoms with E-state index in [1.165, 1.54) is 83.5 Å². The van der Waals surface area contributed by atoms with Crippen LogP contribution >= 0.6 is 0 Å². The lowest BCUT2D eigenvalue weighted by atomic mass is 9.75. The minimum Gasteiger partial charge on any atom is -0.490 e. The normalized spacial score (nSPS) is 49.7. The molecule has 1 aromatic carbocycles. The molecular formula is C39H60N8O3. The lowest BCUT2D eigenvalue weighted by Gasteiger charge is -2.39. The Morgan fingerprint density at radius 3 is 1.18 bits per heavy atom. The van der Waals surface area contributed by atoms with Gasteiger partial charge in [-0.25, -0.2) is 4.79 Å². The molecule has 50 heavy (non-hydrogen) atoms. The van der Waals surface area contributed by atoms with Gasteiger partial charge in [0.15, 0.2) is 0 Å². The quantitative estimate of drug-likeness (QED) is 0.231. The van der Waals surface area contributed by atoms with E-state index in [1.54, 1.807) is 12.1 Å². The van der Waals surface area contributed by atoms with E-state index in [9.17, 15) is 9.90 Å². The lowest BCUT2D eigenvalue weighted by Crippen LogP contribution is -2.62. The fraction of sp³-hybridized carbons (Fsp3) is 0.821. The van der Waals surface area contributed by atoms with Crippen molar-refractivity contribution in [2.75, 3.05) is 0 Å². The minimum atomic E-state index is -0.902. The van der Waals surface area contributed by atoms with Crippen molar-refractivity contribution in [2.45, 2.75) is 152 Å². The second kappa shape index (κ2) is 13.5. The first kappa shape index (κ1) is 32.8. The minimum absolute atomic E-state index is 0.0531. The molecule has 8 bridgehead atoms. The third-order valence-electron chi connectivity index (χ3n) is 15.2. The van der Waals surface area contributed by atoms with Crippen LogP contribution in [0.5, 0.6) is 5.75 Å². The first-order chi connectivity index (χ1) is 24.6. The number of nitrogens with one attached hydrogen (secondary N) is 8. The van der Waals surface area contributed by atoms with Gasteiger partial charge in [0.05, 0.1) is 54.9 Å². The SMILES string of the molecule is O=C(O)c1ccc(OC2CCCC3C4NC5NC(NC6NC(NC7NC(NC(N4)C23)C2CCCCC72)C2CCCCC62)C2CCCCC52)cc1. The van der Waals surface area contributed by atoms with E-state index in [0.717, 1.165) is 18.6 Å². The van der Waals surface area contributed by atoms with E-state index in [-0.39, 0.29) is 30.8 Å². The first-order valence-electron chi connectivity index (χ1n) is 20.7.